The number of hydrogen-bond acceptors (Lipinski definition) is 6. The van der Waals surface area contributed by atoms with Crippen LogP contribution >= 0.6 is 0 Å². The van der Waals surface area contributed by atoms with Crippen molar-refractivity contribution in [3.05, 3.63) is 24.8 Å². The Morgan fingerprint density at radius 1 is 1.38 bits per heavy atom. The average molecular weight is 327 g/mol. The van der Waals surface area contributed by atoms with Crippen LogP contribution in [0.3, 0.4) is 0 Å². The van der Waals surface area contributed by atoms with E-state index in [-0.39, 0.29) is 6.23 Å². The Morgan fingerprint density at radius 2 is 2.21 bits per heavy atom. The third kappa shape index (κ3) is 2.21. The van der Waals surface area contributed by atoms with Crippen molar-refractivity contribution in [2.24, 2.45) is 12.8 Å². The number of anilines is 1. The van der Waals surface area contributed by atoms with E-state index in [9.17, 15) is 4.79 Å². The number of carbonyl (C=O) groups excluding carboxylic acids is 1. The van der Waals surface area contributed by atoms with Crippen LogP contribution in [0.4, 0.5) is 5.82 Å². The largest absolute Gasteiger partial charge is 0.383 e. The molecule has 9 heteroatoms. The number of nitrogens with zero attached hydrogens (tertiary/aromatic N) is 5. The summed E-state index contributed by atoms with van der Waals surface area (Å²) in [5, 5.41) is 5.16. The van der Waals surface area contributed by atoms with E-state index in [0.717, 1.165) is 16.6 Å². The molecule has 1 aliphatic heterocycles. The summed E-state index contributed by atoms with van der Waals surface area (Å²) in [7, 11) is 1.85. The molecule has 9 nitrogen and oxygen atoms in total. The molecular weight excluding hydrogens is 310 g/mol. The van der Waals surface area contributed by atoms with Crippen molar-refractivity contribution < 1.29 is 9.53 Å². The van der Waals surface area contributed by atoms with E-state index in [0.29, 0.717) is 24.3 Å². The molecule has 1 fully saturated rings. The average Bonchev–Trinajstić information content (AvgIpc) is 3.24. The highest BCUT2D eigenvalue weighted by Crippen LogP contribution is 2.37. The van der Waals surface area contributed by atoms with Gasteiger partial charge in [0, 0.05) is 25.0 Å². The van der Waals surface area contributed by atoms with E-state index in [1.807, 2.05) is 30.1 Å². The minimum absolute atomic E-state index is 0.322. The Bertz CT molecular complexity index is 929. The molecule has 24 heavy (non-hydrogen) atoms. The minimum Gasteiger partial charge on any atom is -0.383 e. The van der Waals surface area contributed by atoms with Gasteiger partial charge in [0.2, 0.25) is 5.91 Å². The first-order valence-electron chi connectivity index (χ1n) is 7.60. The predicted molar refractivity (Wildman–Crippen MR) is 86.5 cm³/mol. The molecule has 4 heterocycles. The maximum absolute atomic E-state index is 11.4. The molecule has 1 saturated heterocycles. The minimum atomic E-state index is -0.579. The first kappa shape index (κ1) is 14.6. The van der Waals surface area contributed by atoms with Gasteiger partial charge in [0.15, 0.2) is 0 Å². The number of carbonyl (C=O) groups is 1. The van der Waals surface area contributed by atoms with Gasteiger partial charge in [-0.05, 0) is 18.9 Å². The Kier molecular flexibility index (Phi) is 3.24. The van der Waals surface area contributed by atoms with E-state index in [2.05, 4.69) is 15.1 Å². The second kappa shape index (κ2) is 5.31. The molecule has 0 saturated carbocycles. The van der Waals surface area contributed by atoms with Crippen molar-refractivity contribution in [1.29, 1.82) is 0 Å². The topological polar surface area (TPSA) is 127 Å². The van der Waals surface area contributed by atoms with Crippen molar-refractivity contribution in [3.8, 4) is 11.3 Å². The van der Waals surface area contributed by atoms with Crippen molar-refractivity contribution >= 4 is 22.8 Å². The van der Waals surface area contributed by atoms with Crippen LogP contribution in [0.2, 0.25) is 0 Å². The van der Waals surface area contributed by atoms with Crippen LogP contribution in [0.25, 0.3) is 22.3 Å². The number of amides is 1. The third-order valence-corrected chi connectivity index (χ3v) is 4.25. The fourth-order valence-electron chi connectivity index (χ4n) is 3.11. The Morgan fingerprint density at radius 3 is 2.88 bits per heavy atom. The quantitative estimate of drug-likeness (QED) is 0.724. The number of aryl methyl sites for hydroxylation is 1. The zero-order valence-electron chi connectivity index (χ0n) is 13.1. The van der Waals surface area contributed by atoms with E-state index in [1.165, 1.54) is 6.33 Å². The Hall–Kier alpha value is -2.94. The molecule has 0 aromatic carbocycles. The number of nitrogen functional groups attached to an aromatic ring is 1. The number of ether oxygens (including phenoxy) is 1. The number of rotatable bonds is 3. The summed E-state index contributed by atoms with van der Waals surface area (Å²) < 4.78 is 9.36. The Labute approximate surface area is 137 Å². The highest BCUT2D eigenvalue weighted by Gasteiger charge is 2.32. The molecular formula is C15H17N7O2. The van der Waals surface area contributed by atoms with Crippen LogP contribution in [-0.4, -0.2) is 36.3 Å². The van der Waals surface area contributed by atoms with Gasteiger partial charge in [0.05, 0.1) is 11.1 Å². The summed E-state index contributed by atoms with van der Waals surface area (Å²) in [4.78, 5) is 19.8. The lowest BCUT2D eigenvalue weighted by atomic mass is 10.2. The van der Waals surface area contributed by atoms with Gasteiger partial charge in [-0.25, -0.2) is 9.97 Å². The van der Waals surface area contributed by atoms with Gasteiger partial charge >= 0.3 is 0 Å². The van der Waals surface area contributed by atoms with Crippen molar-refractivity contribution in [3.63, 3.8) is 0 Å². The first-order valence-corrected chi connectivity index (χ1v) is 7.60. The van der Waals surface area contributed by atoms with Crippen LogP contribution in [0.5, 0.6) is 0 Å². The van der Waals surface area contributed by atoms with Gasteiger partial charge in [-0.15, -0.1) is 0 Å². The SMILES string of the molecule is Cn1ccc(-c2cn(C3CCC(C(N)=O)O3)c3ncnc(N)c23)n1. The Balaban J connectivity index is 1.85. The second-order valence-electron chi connectivity index (χ2n) is 5.84. The first-order chi connectivity index (χ1) is 11.5. The fourth-order valence-corrected chi connectivity index (χ4v) is 3.11. The van der Waals surface area contributed by atoms with Crippen molar-refractivity contribution in [2.45, 2.75) is 25.2 Å². The van der Waals surface area contributed by atoms with E-state index < -0.39 is 12.0 Å². The van der Waals surface area contributed by atoms with Gasteiger partial charge in [0.25, 0.3) is 0 Å². The number of fused-ring (bicyclic) bond motifs is 1. The molecule has 0 bridgehead atoms. The number of primary amides is 1. The predicted octanol–water partition coefficient (Wildman–Crippen LogP) is 0.577. The van der Waals surface area contributed by atoms with Crippen molar-refractivity contribution in [1.82, 2.24) is 24.3 Å². The van der Waals surface area contributed by atoms with Gasteiger partial charge < -0.3 is 20.8 Å². The molecule has 4 N–H and O–H groups in total. The lowest BCUT2D eigenvalue weighted by Crippen LogP contribution is -2.28. The lowest BCUT2D eigenvalue weighted by Gasteiger charge is -2.14. The highest BCUT2D eigenvalue weighted by molar-refractivity contribution is 5.99. The molecule has 1 aliphatic rings. The van der Waals surface area contributed by atoms with Crippen LogP contribution in [-0.2, 0) is 16.6 Å². The summed E-state index contributed by atoms with van der Waals surface area (Å²) in [5.74, 6) is -0.0723. The molecule has 124 valence electrons. The number of nitrogens with two attached hydrogens (primary N) is 2. The molecule has 3 aromatic heterocycles. The smallest absolute Gasteiger partial charge is 0.246 e. The third-order valence-electron chi connectivity index (χ3n) is 4.25. The van der Waals surface area contributed by atoms with Gasteiger partial charge in [0.1, 0.15) is 30.1 Å². The second-order valence-corrected chi connectivity index (χ2v) is 5.84. The summed E-state index contributed by atoms with van der Waals surface area (Å²) in [6.45, 7) is 0. The van der Waals surface area contributed by atoms with Crippen molar-refractivity contribution in [2.75, 3.05) is 5.73 Å². The molecule has 2 unspecified atom stereocenters. The standard InChI is InChI=1S/C15H17N7O2/c1-21-5-4-9(20-21)8-6-22(11-3-2-10(24-11)14(17)23)15-12(8)13(16)18-7-19-15/h4-7,10-11H,2-3H2,1H3,(H2,17,23)(H2,16,18,19). The van der Waals surface area contributed by atoms with Gasteiger partial charge in [-0.1, -0.05) is 0 Å². The highest BCUT2D eigenvalue weighted by atomic mass is 16.5. The van der Waals surface area contributed by atoms with Crippen LogP contribution in [0.15, 0.2) is 24.8 Å². The molecule has 0 radical (unpaired) electrons. The summed E-state index contributed by atoms with van der Waals surface area (Å²) in [6, 6.07) is 1.90. The molecule has 3 aromatic rings. The molecule has 0 aliphatic carbocycles. The number of hydrogen-bond donors (Lipinski definition) is 2. The summed E-state index contributed by atoms with van der Waals surface area (Å²) in [5.41, 5.74) is 13.7. The molecule has 4 rings (SSSR count). The zero-order chi connectivity index (χ0) is 16.8. The molecule has 2 atom stereocenters. The van der Waals surface area contributed by atoms with Crippen LogP contribution in [0.1, 0.15) is 19.1 Å². The summed E-state index contributed by atoms with van der Waals surface area (Å²) in [6.07, 6.45) is 5.51. The molecule has 1 amide bonds. The van der Waals surface area contributed by atoms with Gasteiger partial charge in [-0.3, -0.25) is 9.48 Å². The van der Waals surface area contributed by atoms with E-state index >= 15 is 0 Å². The van der Waals surface area contributed by atoms with Crippen LogP contribution < -0.4 is 11.5 Å². The van der Waals surface area contributed by atoms with Gasteiger partial charge in [-0.2, -0.15) is 5.10 Å². The monoisotopic (exact) mass is 327 g/mol. The molecule has 0 spiro atoms. The lowest BCUT2D eigenvalue weighted by molar-refractivity contribution is -0.130. The fraction of sp³-hybridized carbons (Fsp3) is 0.333. The summed E-state index contributed by atoms with van der Waals surface area (Å²) >= 11 is 0. The zero-order valence-corrected chi connectivity index (χ0v) is 13.1. The number of aromatic nitrogens is 5. The maximum atomic E-state index is 11.4. The van der Waals surface area contributed by atoms with Crippen LogP contribution in [0, 0.1) is 0 Å². The van der Waals surface area contributed by atoms with E-state index in [4.69, 9.17) is 16.2 Å². The van der Waals surface area contributed by atoms with E-state index in [1.54, 1.807) is 4.68 Å². The maximum Gasteiger partial charge on any atom is 0.246 e. The normalized spacial score (nSPS) is 20.7.